The Morgan fingerprint density at radius 3 is 2.23 bits per heavy atom. The van der Waals surface area contributed by atoms with E-state index in [1.54, 1.807) is 0 Å². The van der Waals surface area contributed by atoms with Crippen molar-refractivity contribution in [3.63, 3.8) is 0 Å². The van der Waals surface area contributed by atoms with E-state index in [4.69, 9.17) is 0 Å². The van der Waals surface area contributed by atoms with Gasteiger partial charge in [0, 0.05) is 42.2 Å². The third-order valence-corrected chi connectivity index (χ3v) is 4.86. The van der Waals surface area contributed by atoms with Crippen LogP contribution in [-0.4, -0.2) is 6.54 Å². The van der Waals surface area contributed by atoms with Crippen molar-refractivity contribution < 1.29 is 4.57 Å². The fraction of sp³-hybridized carbons (Fsp3) is 0.125. The lowest BCUT2D eigenvalue weighted by Gasteiger charge is -2.23. The molecule has 0 N–H and O–H groups in total. The highest BCUT2D eigenvalue weighted by molar-refractivity contribution is 5.76. The molecule has 0 radical (unpaired) electrons. The molecule has 0 saturated carbocycles. The summed E-state index contributed by atoms with van der Waals surface area (Å²) in [5.74, 6) is 0. The van der Waals surface area contributed by atoms with Crippen LogP contribution in [0.2, 0.25) is 0 Å². The number of pyridine rings is 1. The maximum atomic E-state index is 2.29. The maximum Gasteiger partial charge on any atom is 0.213 e. The second kappa shape index (κ2) is 7.01. The van der Waals surface area contributed by atoms with Crippen molar-refractivity contribution >= 4 is 11.3 Å². The first-order valence-electron chi connectivity index (χ1n) is 9.00. The normalized spacial score (nSPS) is 13.6. The van der Waals surface area contributed by atoms with Crippen LogP contribution in [0.5, 0.6) is 0 Å². The molecule has 0 saturated heterocycles. The molecule has 0 spiro atoms. The molecule has 0 atom stereocenters. The van der Waals surface area contributed by atoms with Crippen molar-refractivity contribution in [1.29, 1.82) is 0 Å². The Hall–Kier alpha value is -3.13. The Balaban J connectivity index is 1.51. The highest BCUT2D eigenvalue weighted by Crippen LogP contribution is 2.23. The Labute approximate surface area is 155 Å². The predicted octanol–water partition coefficient (Wildman–Crippen LogP) is 5.00. The molecule has 2 aromatic carbocycles. The van der Waals surface area contributed by atoms with Gasteiger partial charge in [0.05, 0.1) is 0 Å². The third-order valence-electron chi connectivity index (χ3n) is 4.86. The van der Waals surface area contributed by atoms with E-state index in [0.29, 0.717) is 0 Å². The van der Waals surface area contributed by atoms with E-state index in [2.05, 4.69) is 115 Å². The molecular weight excluding hydrogens is 316 g/mol. The van der Waals surface area contributed by atoms with Crippen LogP contribution in [0.1, 0.15) is 16.7 Å². The van der Waals surface area contributed by atoms with E-state index in [1.165, 1.54) is 33.6 Å². The second-order valence-corrected chi connectivity index (χ2v) is 6.74. The molecular formula is C24H23N2+. The summed E-state index contributed by atoms with van der Waals surface area (Å²) in [7, 11) is 0. The number of nitrogens with zero attached hydrogens (tertiary/aromatic N) is 2. The summed E-state index contributed by atoms with van der Waals surface area (Å²) >= 11 is 0. The third kappa shape index (κ3) is 3.31. The quantitative estimate of drug-likeness (QED) is 0.609. The highest BCUT2D eigenvalue weighted by Gasteiger charge is 2.12. The minimum absolute atomic E-state index is 0.890. The average molecular weight is 339 g/mol. The van der Waals surface area contributed by atoms with Crippen molar-refractivity contribution in [2.24, 2.45) is 0 Å². The first-order chi connectivity index (χ1) is 12.7. The van der Waals surface area contributed by atoms with Gasteiger partial charge in [-0.25, -0.2) is 0 Å². The first-order valence-corrected chi connectivity index (χ1v) is 9.00. The molecule has 4 rings (SSSR count). The van der Waals surface area contributed by atoms with Gasteiger partial charge in [-0.2, -0.15) is 4.57 Å². The molecule has 2 nitrogen and oxygen atoms in total. The molecule has 0 bridgehead atoms. The van der Waals surface area contributed by atoms with E-state index in [0.717, 1.165) is 6.54 Å². The van der Waals surface area contributed by atoms with Crippen LogP contribution < -0.4 is 9.47 Å². The van der Waals surface area contributed by atoms with E-state index >= 15 is 0 Å². The van der Waals surface area contributed by atoms with Gasteiger partial charge in [0.2, 0.25) is 5.69 Å². The lowest BCUT2D eigenvalue weighted by Crippen LogP contribution is -2.30. The van der Waals surface area contributed by atoms with Crippen LogP contribution >= 0.6 is 0 Å². The molecule has 1 aromatic heterocycles. The first kappa shape index (κ1) is 16.3. The predicted molar refractivity (Wildman–Crippen MR) is 108 cm³/mol. The fourth-order valence-electron chi connectivity index (χ4n) is 3.27. The molecule has 0 fully saturated rings. The van der Waals surface area contributed by atoms with Crippen LogP contribution in [0, 0.1) is 13.8 Å². The number of anilines is 1. The SMILES string of the molecule is Cc1ccc(N2C=CC(c3cc[n+](-c4ccccc4C)cc3)=CC2)cc1. The van der Waals surface area contributed by atoms with Gasteiger partial charge in [-0.15, -0.1) is 0 Å². The fourth-order valence-corrected chi connectivity index (χ4v) is 3.27. The number of allylic oxidation sites excluding steroid dienone is 2. The highest BCUT2D eigenvalue weighted by atomic mass is 15.1. The molecule has 2 heterocycles. The summed E-state index contributed by atoms with van der Waals surface area (Å²) in [6, 6.07) is 21.5. The minimum atomic E-state index is 0.890. The number of hydrogen-bond donors (Lipinski definition) is 0. The Kier molecular flexibility index (Phi) is 4.40. The van der Waals surface area contributed by atoms with Crippen molar-refractivity contribution in [1.82, 2.24) is 0 Å². The Morgan fingerprint density at radius 1 is 0.846 bits per heavy atom. The summed E-state index contributed by atoms with van der Waals surface area (Å²) in [5.41, 5.74) is 7.53. The number of para-hydroxylation sites is 1. The van der Waals surface area contributed by atoms with Crippen molar-refractivity contribution in [2.45, 2.75) is 13.8 Å². The van der Waals surface area contributed by atoms with Gasteiger partial charge in [-0.05, 0) is 43.2 Å². The molecule has 2 heteroatoms. The molecule has 1 aliphatic rings. The van der Waals surface area contributed by atoms with Crippen molar-refractivity contribution in [3.8, 4) is 5.69 Å². The van der Waals surface area contributed by atoms with Crippen LogP contribution in [0.25, 0.3) is 11.3 Å². The minimum Gasteiger partial charge on any atom is -0.344 e. The number of benzene rings is 2. The van der Waals surface area contributed by atoms with Gasteiger partial charge >= 0.3 is 0 Å². The van der Waals surface area contributed by atoms with Crippen LogP contribution in [-0.2, 0) is 0 Å². The van der Waals surface area contributed by atoms with Gasteiger partial charge < -0.3 is 4.90 Å². The molecule has 128 valence electrons. The van der Waals surface area contributed by atoms with Gasteiger partial charge in [-0.1, -0.05) is 42.0 Å². The summed E-state index contributed by atoms with van der Waals surface area (Å²) in [5, 5.41) is 0. The van der Waals surface area contributed by atoms with Crippen LogP contribution in [0.15, 0.2) is 91.4 Å². The molecule has 26 heavy (non-hydrogen) atoms. The van der Waals surface area contributed by atoms with Crippen molar-refractivity contribution in [3.05, 3.63) is 108 Å². The molecule has 3 aromatic rings. The number of hydrogen-bond acceptors (Lipinski definition) is 1. The number of aryl methyl sites for hydroxylation is 2. The zero-order valence-electron chi connectivity index (χ0n) is 15.3. The standard InChI is InChI=1S/C24H23N2/c1-19-7-9-23(10-8-19)25-15-11-21(12-16-25)22-13-17-26(18-14-22)24-6-4-3-5-20(24)2/h3-15,17-18H,16H2,1-2H3/q+1. The van der Waals surface area contributed by atoms with Crippen LogP contribution in [0.3, 0.4) is 0 Å². The van der Waals surface area contributed by atoms with E-state index in [-0.39, 0.29) is 0 Å². The monoisotopic (exact) mass is 339 g/mol. The molecule has 0 amide bonds. The second-order valence-electron chi connectivity index (χ2n) is 6.74. The number of aromatic nitrogens is 1. The molecule has 0 aliphatic carbocycles. The summed E-state index contributed by atoms with van der Waals surface area (Å²) in [6.07, 6.45) is 10.9. The molecule has 0 unspecified atom stereocenters. The zero-order valence-corrected chi connectivity index (χ0v) is 15.3. The Bertz CT molecular complexity index is 964. The van der Waals surface area contributed by atoms with E-state index in [9.17, 15) is 0 Å². The lowest BCUT2D eigenvalue weighted by atomic mass is 10.0. The summed E-state index contributed by atoms with van der Waals surface area (Å²) in [4.78, 5) is 2.26. The molecule has 1 aliphatic heterocycles. The van der Waals surface area contributed by atoms with E-state index in [1.807, 2.05) is 0 Å². The zero-order chi connectivity index (χ0) is 17.9. The van der Waals surface area contributed by atoms with Crippen LogP contribution in [0.4, 0.5) is 5.69 Å². The summed E-state index contributed by atoms with van der Waals surface area (Å²) in [6.45, 7) is 5.15. The lowest BCUT2D eigenvalue weighted by molar-refractivity contribution is -0.596. The maximum absolute atomic E-state index is 2.29. The van der Waals surface area contributed by atoms with E-state index < -0.39 is 0 Å². The summed E-state index contributed by atoms with van der Waals surface area (Å²) < 4.78 is 2.17. The average Bonchev–Trinajstić information content (AvgIpc) is 2.69. The smallest absolute Gasteiger partial charge is 0.213 e. The van der Waals surface area contributed by atoms with Gasteiger partial charge in [0.25, 0.3) is 0 Å². The van der Waals surface area contributed by atoms with Gasteiger partial charge in [0.15, 0.2) is 12.4 Å². The number of rotatable bonds is 3. The Morgan fingerprint density at radius 2 is 1.58 bits per heavy atom. The van der Waals surface area contributed by atoms with Crippen molar-refractivity contribution in [2.75, 3.05) is 11.4 Å². The topological polar surface area (TPSA) is 7.12 Å². The van der Waals surface area contributed by atoms with Gasteiger partial charge in [0.1, 0.15) is 0 Å². The largest absolute Gasteiger partial charge is 0.344 e. The van der Waals surface area contributed by atoms with Gasteiger partial charge in [-0.3, -0.25) is 0 Å².